The molecule has 0 heterocycles. The predicted octanol–water partition coefficient (Wildman–Crippen LogP) is 2.97. The molecule has 0 aromatic carbocycles. The van der Waals surface area contributed by atoms with Crippen molar-refractivity contribution in [2.75, 3.05) is 13.2 Å². The van der Waals surface area contributed by atoms with E-state index in [0.29, 0.717) is 12.2 Å². The van der Waals surface area contributed by atoms with Crippen molar-refractivity contribution < 1.29 is 36.6 Å². The number of rotatable bonds is 9. The Hall–Kier alpha value is -1.60. The van der Waals surface area contributed by atoms with Crippen LogP contribution in [0.15, 0.2) is 12.2 Å². The molecule has 0 radical (unpaired) electrons. The summed E-state index contributed by atoms with van der Waals surface area (Å²) >= 11 is 0. The number of ether oxygens (including phenoxy) is 2. The second-order valence-electron chi connectivity index (χ2n) is 4.32. The van der Waals surface area contributed by atoms with Gasteiger partial charge in [0, 0.05) is 12.2 Å². The molecule has 0 aliphatic heterocycles. The fourth-order valence-corrected chi connectivity index (χ4v) is 1.19. The molecule has 0 atom stereocenters. The van der Waals surface area contributed by atoms with Crippen molar-refractivity contribution in [1.82, 2.24) is 0 Å². The van der Waals surface area contributed by atoms with E-state index in [9.17, 15) is 27.2 Å². The van der Waals surface area contributed by atoms with Gasteiger partial charge >= 0.3 is 24.3 Å². The van der Waals surface area contributed by atoms with Crippen molar-refractivity contribution in [1.29, 1.82) is 0 Å². The van der Waals surface area contributed by atoms with Crippen LogP contribution in [0.5, 0.6) is 0 Å². The van der Waals surface area contributed by atoms with Gasteiger partial charge in [0.25, 0.3) is 0 Å². The zero-order chi connectivity index (χ0) is 16.5. The Balaban J connectivity index is 4.12. The van der Waals surface area contributed by atoms with Crippen molar-refractivity contribution in [3.8, 4) is 0 Å². The lowest BCUT2D eigenvalue weighted by molar-refractivity contribution is -0.176. The van der Waals surface area contributed by atoms with Gasteiger partial charge < -0.3 is 9.47 Å². The fraction of sp³-hybridized carbons (Fsp3) is 0.692. The summed E-state index contributed by atoms with van der Waals surface area (Å²) in [6.45, 7) is 2.28. The van der Waals surface area contributed by atoms with Crippen LogP contribution in [0.25, 0.3) is 0 Å². The lowest BCUT2D eigenvalue weighted by Crippen LogP contribution is -2.33. The molecule has 0 spiro atoms. The zero-order valence-corrected chi connectivity index (χ0v) is 11.8. The Kier molecular flexibility index (Phi) is 8.64. The maximum absolute atomic E-state index is 12.5. The van der Waals surface area contributed by atoms with Gasteiger partial charge in [0.2, 0.25) is 0 Å². The van der Waals surface area contributed by atoms with Crippen LogP contribution in [0.4, 0.5) is 17.6 Å². The van der Waals surface area contributed by atoms with Gasteiger partial charge in [0.15, 0.2) is 6.61 Å². The van der Waals surface area contributed by atoms with E-state index in [1.165, 1.54) is 0 Å². The van der Waals surface area contributed by atoms with Crippen LogP contribution in [0.1, 0.15) is 26.7 Å². The number of hydrogen-bond acceptors (Lipinski definition) is 4. The summed E-state index contributed by atoms with van der Waals surface area (Å²) in [5.74, 6) is -6.38. The third kappa shape index (κ3) is 8.31. The van der Waals surface area contributed by atoms with Crippen LogP contribution in [-0.2, 0) is 19.1 Å². The molecule has 4 nitrogen and oxygen atoms in total. The molecule has 8 heteroatoms. The lowest BCUT2D eigenvalue weighted by atomic mass is 10.1. The number of hydrogen-bond donors (Lipinski definition) is 0. The molecule has 0 aliphatic rings. The summed E-state index contributed by atoms with van der Waals surface area (Å²) in [5.41, 5.74) is 0. The first kappa shape index (κ1) is 19.4. The third-order valence-corrected chi connectivity index (χ3v) is 2.70. The van der Waals surface area contributed by atoms with Crippen molar-refractivity contribution >= 4 is 11.9 Å². The van der Waals surface area contributed by atoms with Crippen molar-refractivity contribution in [3.63, 3.8) is 0 Å². The normalized spacial score (nSPS) is 12.2. The quantitative estimate of drug-likeness (QED) is 0.373. The fourth-order valence-electron chi connectivity index (χ4n) is 1.19. The van der Waals surface area contributed by atoms with E-state index in [1.54, 1.807) is 0 Å². The van der Waals surface area contributed by atoms with Gasteiger partial charge in [-0.05, 0) is 5.92 Å². The minimum Gasteiger partial charge on any atom is -0.462 e. The smallest absolute Gasteiger partial charge is 0.340 e. The van der Waals surface area contributed by atoms with Gasteiger partial charge in [-0.25, -0.2) is 18.4 Å². The van der Waals surface area contributed by atoms with Crippen molar-refractivity contribution in [3.05, 3.63) is 12.2 Å². The van der Waals surface area contributed by atoms with E-state index in [0.717, 1.165) is 12.8 Å². The van der Waals surface area contributed by atoms with E-state index in [1.807, 2.05) is 13.8 Å². The van der Waals surface area contributed by atoms with Gasteiger partial charge in [-0.1, -0.05) is 26.7 Å². The van der Waals surface area contributed by atoms with E-state index in [4.69, 9.17) is 4.74 Å². The van der Waals surface area contributed by atoms with Gasteiger partial charge in [0.1, 0.15) is 0 Å². The van der Waals surface area contributed by atoms with Crippen LogP contribution >= 0.6 is 0 Å². The van der Waals surface area contributed by atoms with Crippen LogP contribution < -0.4 is 0 Å². The number of halogens is 4. The first-order chi connectivity index (χ1) is 9.72. The first-order valence-corrected chi connectivity index (χ1v) is 6.40. The molecule has 0 amide bonds. The van der Waals surface area contributed by atoms with Crippen LogP contribution in [-0.4, -0.2) is 37.5 Å². The molecule has 0 saturated carbocycles. The molecule has 0 aromatic heterocycles. The molecular weight excluding hydrogens is 296 g/mol. The standard InChI is InChI=1S/C13H18F4O4/c1-3-9(4-2)7-20-10(18)5-6-11(19)21-8-13(16,17)12(14)15/h5-6,9,12H,3-4,7-8H2,1-2H3/b6-5+. The topological polar surface area (TPSA) is 52.6 Å². The zero-order valence-electron chi connectivity index (χ0n) is 11.8. The summed E-state index contributed by atoms with van der Waals surface area (Å²) in [5, 5.41) is 0. The second-order valence-corrected chi connectivity index (χ2v) is 4.32. The monoisotopic (exact) mass is 314 g/mol. The van der Waals surface area contributed by atoms with E-state index in [-0.39, 0.29) is 12.5 Å². The van der Waals surface area contributed by atoms with Gasteiger partial charge in [-0.2, -0.15) is 8.78 Å². The Morgan fingerprint density at radius 2 is 1.52 bits per heavy atom. The average molecular weight is 314 g/mol. The molecule has 0 aromatic rings. The van der Waals surface area contributed by atoms with Crippen LogP contribution in [0, 0.1) is 5.92 Å². The molecular formula is C13H18F4O4. The van der Waals surface area contributed by atoms with Crippen LogP contribution in [0.3, 0.4) is 0 Å². The number of alkyl halides is 4. The largest absolute Gasteiger partial charge is 0.462 e. The summed E-state index contributed by atoms with van der Waals surface area (Å²) in [7, 11) is 0. The van der Waals surface area contributed by atoms with Crippen LogP contribution in [0.2, 0.25) is 0 Å². The average Bonchev–Trinajstić information content (AvgIpc) is 2.43. The first-order valence-electron chi connectivity index (χ1n) is 6.40. The highest BCUT2D eigenvalue weighted by Crippen LogP contribution is 2.22. The van der Waals surface area contributed by atoms with Gasteiger partial charge in [-0.15, -0.1) is 0 Å². The van der Waals surface area contributed by atoms with E-state index < -0.39 is 30.9 Å². The number of carbonyl (C=O) groups excluding carboxylic acids is 2. The Bertz CT molecular complexity index is 365. The third-order valence-electron chi connectivity index (χ3n) is 2.70. The molecule has 0 N–H and O–H groups in total. The summed E-state index contributed by atoms with van der Waals surface area (Å²) in [6.07, 6.45) is -1.04. The molecule has 0 aliphatic carbocycles. The van der Waals surface area contributed by atoms with Gasteiger partial charge in [0.05, 0.1) is 6.61 Å². The highest BCUT2D eigenvalue weighted by Gasteiger charge is 2.42. The highest BCUT2D eigenvalue weighted by atomic mass is 19.3. The molecule has 0 unspecified atom stereocenters. The summed E-state index contributed by atoms with van der Waals surface area (Å²) < 4.78 is 57.2. The van der Waals surface area contributed by atoms with Gasteiger partial charge in [-0.3, -0.25) is 0 Å². The maximum Gasteiger partial charge on any atom is 0.340 e. The number of carbonyl (C=O) groups is 2. The molecule has 0 fully saturated rings. The minimum absolute atomic E-state index is 0.175. The minimum atomic E-state index is -4.42. The summed E-state index contributed by atoms with van der Waals surface area (Å²) in [6, 6.07) is 0. The maximum atomic E-state index is 12.5. The number of esters is 2. The van der Waals surface area contributed by atoms with E-state index in [2.05, 4.69) is 4.74 Å². The van der Waals surface area contributed by atoms with E-state index >= 15 is 0 Å². The highest BCUT2D eigenvalue weighted by molar-refractivity contribution is 5.91. The summed E-state index contributed by atoms with van der Waals surface area (Å²) in [4.78, 5) is 22.2. The molecule has 0 bridgehead atoms. The lowest BCUT2D eigenvalue weighted by Gasteiger charge is -2.14. The predicted molar refractivity (Wildman–Crippen MR) is 66.1 cm³/mol. The Morgan fingerprint density at radius 1 is 1.05 bits per heavy atom. The molecule has 122 valence electrons. The van der Waals surface area contributed by atoms with Crippen molar-refractivity contribution in [2.24, 2.45) is 5.92 Å². The SMILES string of the molecule is CCC(CC)COC(=O)/C=C/C(=O)OCC(F)(F)C(F)F. The second kappa shape index (κ2) is 9.36. The molecule has 0 saturated heterocycles. The Labute approximate surface area is 120 Å². The van der Waals surface area contributed by atoms with Crippen molar-refractivity contribution in [2.45, 2.75) is 39.0 Å². The Morgan fingerprint density at radius 3 is 1.95 bits per heavy atom. The molecule has 21 heavy (non-hydrogen) atoms. The molecule has 0 rings (SSSR count).